The van der Waals surface area contributed by atoms with Crippen LogP contribution in [0, 0.1) is 12.8 Å². The van der Waals surface area contributed by atoms with Crippen LogP contribution in [0.1, 0.15) is 61.4 Å². The zero-order valence-corrected chi connectivity index (χ0v) is 23.8. The predicted molar refractivity (Wildman–Crippen MR) is 163 cm³/mol. The van der Waals surface area contributed by atoms with Gasteiger partial charge in [0.25, 0.3) is 0 Å². The SMILES string of the molecule is C=C(NCCC(CCC)N1Cc2ccccc2-c2ccccc2C1)C1CCN(Cc2cc(C)nc(N)c2)CC1. The minimum Gasteiger partial charge on any atom is -0.389 e. The van der Waals surface area contributed by atoms with Crippen molar-refractivity contribution in [1.82, 2.24) is 20.1 Å². The summed E-state index contributed by atoms with van der Waals surface area (Å²) < 4.78 is 0. The summed E-state index contributed by atoms with van der Waals surface area (Å²) in [6, 6.07) is 22.6. The average molecular weight is 524 g/mol. The van der Waals surface area contributed by atoms with Crippen molar-refractivity contribution in [2.45, 2.75) is 71.6 Å². The molecule has 1 aromatic heterocycles. The van der Waals surface area contributed by atoms with Gasteiger partial charge in [-0.1, -0.05) is 68.5 Å². The second kappa shape index (κ2) is 12.8. The van der Waals surface area contributed by atoms with Gasteiger partial charge in [0.2, 0.25) is 0 Å². The highest BCUT2D eigenvalue weighted by Gasteiger charge is 2.25. The van der Waals surface area contributed by atoms with Gasteiger partial charge in [-0.25, -0.2) is 4.98 Å². The number of hydrogen-bond acceptors (Lipinski definition) is 5. The molecule has 3 aromatic rings. The number of allylic oxidation sites excluding steroid dienone is 1. The maximum atomic E-state index is 5.96. The molecule has 3 N–H and O–H groups in total. The zero-order chi connectivity index (χ0) is 27.2. The van der Waals surface area contributed by atoms with Crippen LogP contribution in [-0.2, 0) is 19.6 Å². The lowest BCUT2D eigenvalue weighted by atomic mass is 9.93. The third-order valence-corrected chi connectivity index (χ3v) is 8.56. The first-order valence-electron chi connectivity index (χ1n) is 14.8. The number of anilines is 1. The normalized spacial score (nSPS) is 17.2. The monoisotopic (exact) mass is 523 g/mol. The molecule has 0 bridgehead atoms. The Kier molecular flexibility index (Phi) is 9.00. The lowest BCUT2D eigenvalue weighted by Crippen LogP contribution is -2.38. The van der Waals surface area contributed by atoms with E-state index in [1.54, 1.807) is 0 Å². The van der Waals surface area contributed by atoms with Crippen molar-refractivity contribution in [1.29, 1.82) is 0 Å². The van der Waals surface area contributed by atoms with Gasteiger partial charge in [0.1, 0.15) is 5.82 Å². The van der Waals surface area contributed by atoms with Crippen molar-refractivity contribution in [2.24, 2.45) is 5.92 Å². The van der Waals surface area contributed by atoms with Gasteiger partial charge < -0.3 is 11.1 Å². The molecular formula is C34H45N5. The van der Waals surface area contributed by atoms with Crippen LogP contribution < -0.4 is 11.1 Å². The number of aryl methyl sites for hydroxylation is 1. The van der Waals surface area contributed by atoms with Crippen LogP contribution in [0.3, 0.4) is 0 Å². The van der Waals surface area contributed by atoms with Crippen LogP contribution in [-0.4, -0.2) is 40.5 Å². The first-order valence-corrected chi connectivity index (χ1v) is 14.8. The molecule has 2 aliphatic rings. The largest absolute Gasteiger partial charge is 0.389 e. The van der Waals surface area contributed by atoms with Gasteiger partial charge in [-0.2, -0.15) is 0 Å². The maximum absolute atomic E-state index is 5.96. The van der Waals surface area contributed by atoms with E-state index >= 15 is 0 Å². The first-order chi connectivity index (χ1) is 19.0. The van der Waals surface area contributed by atoms with Crippen LogP contribution in [0.4, 0.5) is 5.82 Å². The van der Waals surface area contributed by atoms with Crippen LogP contribution in [0.15, 0.2) is 72.9 Å². The Morgan fingerprint density at radius 2 is 1.64 bits per heavy atom. The lowest BCUT2D eigenvalue weighted by Gasteiger charge is -2.34. The number of nitrogens with zero attached hydrogens (tertiary/aromatic N) is 3. The topological polar surface area (TPSA) is 57.4 Å². The first kappa shape index (κ1) is 27.4. The van der Waals surface area contributed by atoms with Crippen molar-refractivity contribution in [3.63, 3.8) is 0 Å². The Morgan fingerprint density at radius 1 is 1.00 bits per heavy atom. The molecule has 0 saturated carbocycles. The molecule has 0 radical (unpaired) electrons. The fourth-order valence-corrected chi connectivity index (χ4v) is 6.54. The molecule has 1 unspecified atom stereocenters. The number of piperidine rings is 1. The van der Waals surface area contributed by atoms with Crippen molar-refractivity contribution in [2.75, 3.05) is 25.4 Å². The number of hydrogen-bond donors (Lipinski definition) is 2. The van der Waals surface area contributed by atoms with Gasteiger partial charge in [-0.05, 0) is 85.6 Å². The van der Waals surface area contributed by atoms with Crippen molar-refractivity contribution in [3.8, 4) is 11.1 Å². The number of nitrogen functional groups attached to an aromatic ring is 1. The number of likely N-dealkylation sites (tertiary alicyclic amines) is 1. The number of nitrogens with two attached hydrogens (primary N) is 1. The molecule has 5 nitrogen and oxygen atoms in total. The van der Waals surface area contributed by atoms with Crippen LogP contribution >= 0.6 is 0 Å². The Labute approximate surface area is 235 Å². The Bertz CT molecular complexity index is 1190. The van der Waals surface area contributed by atoms with Gasteiger partial charge >= 0.3 is 0 Å². The lowest BCUT2D eigenvalue weighted by molar-refractivity contribution is 0.159. The molecule has 1 saturated heterocycles. The van der Waals surface area contributed by atoms with Gasteiger partial charge in [-0.3, -0.25) is 9.80 Å². The summed E-state index contributed by atoms with van der Waals surface area (Å²) in [5.74, 6) is 1.17. The molecule has 39 heavy (non-hydrogen) atoms. The highest BCUT2D eigenvalue weighted by molar-refractivity contribution is 5.71. The second-order valence-corrected chi connectivity index (χ2v) is 11.5. The van der Waals surface area contributed by atoms with E-state index in [1.807, 2.05) is 13.0 Å². The molecule has 2 aliphatic heterocycles. The van der Waals surface area contributed by atoms with E-state index in [0.29, 0.717) is 17.8 Å². The molecular weight excluding hydrogens is 478 g/mol. The number of rotatable bonds is 10. The van der Waals surface area contributed by atoms with Gasteiger partial charge in [0.05, 0.1) is 0 Å². The van der Waals surface area contributed by atoms with Crippen LogP contribution in [0.2, 0.25) is 0 Å². The summed E-state index contributed by atoms with van der Waals surface area (Å²) in [4.78, 5) is 9.55. The number of pyridine rings is 1. The molecule has 5 rings (SSSR count). The molecule has 3 heterocycles. The van der Waals surface area contributed by atoms with Crippen LogP contribution in [0.5, 0.6) is 0 Å². The van der Waals surface area contributed by atoms with Crippen molar-refractivity contribution < 1.29 is 0 Å². The Balaban J connectivity index is 1.14. The molecule has 1 atom stereocenters. The van der Waals surface area contributed by atoms with E-state index in [9.17, 15) is 0 Å². The molecule has 5 heteroatoms. The highest BCUT2D eigenvalue weighted by atomic mass is 15.2. The summed E-state index contributed by atoms with van der Waals surface area (Å²) in [5, 5.41) is 3.75. The number of aromatic nitrogens is 1. The van der Waals surface area contributed by atoms with Crippen molar-refractivity contribution >= 4 is 5.82 Å². The number of fused-ring (bicyclic) bond motifs is 3. The average Bonchev–Trinajstić information content (AvgIpc) is 3.09. The van der Waals surface area contributed by atoms with E-state index in [0.717, 1.165) is 64.2 Å². The number of benzene rings is 2. The van der Waals surface area contributed by atoms with E-state index in [-0.39, 0.29) is 0 Å². The Hall–Kier alpha value is -3.15. The van der Waals surface area contributed by atoms with E-state index in [1.165, 1.54) is 46.4 Å². The third-order valence-electron chi connectivity index (χ3n) is 8.56. The Morgan fingerprint density at radius 3 is 2.26 bits per heavy atom. The zero-order valence-electron chi connectivity index (χ0n) is 23.8. The molecule has 0 amide bonds. The van der Waals surface area contributed by atoms with E-state index in [4.69, 9.17) is 5.73 Å². The molecule has 0 spiro atoms. The highest BCUT2D eigenvalue weighted by Crippen LogP contribution is 2.34. The van der Waals surface area contributed by atoms with Gasteiger partial charge in [0, 0.05) is 49.5 Å². The standard InChI is InChI=1S/C34H45N5/c1-4-9-31(39-23-29-10-5-7-12-32(29)33-13-8-6-11-30(33)24-39)14-17-36-26(3)28-15-18-38(19-16-28)22-27-20-25(2)37-34(35)21-27/h5-8,10-13,20-21,28,31,36H,3-4,9,14-19,22-24H2,1-2H3,(H2,35,37). The van der Waals surface area contributed by atoms with Crippen LogP contribution in [0.25, 0.3) is 11.1 Å². The third kappa shape index (κ3) is 6.90. The summed E-state index contributed by atoms with van der Waals surface area (Å²) in [6.07, 6.45) is 5.87. The van der Waals surface area contributed by atoms with E-state index in [2.05, 4.69) is 88.2 Å². The van der Waals surface area contributed by atoms with Gasteiger partial charge in [0.15, 0.2) is 0 Å². The minimum absolute atomic E-state index is 0.548. The predicted octanol–water partition coefficient (Wildman–Crippen LogP) is 6.53. The minimum atomic E-state index is 0.548. The van der Waals surface area contributed by atoms with E-state index < -0.39 is 0 Å². The molecule has 1 fully saturated rings. The summed E-state index contributed by atoms with van der Waals surface area (Å²) in [5.41, 5.74) is 15.1. The fraction of sp³-hybridized carbons (Fsp3) is 0.441. The molecule has 206 valence electrons. The summed E-state index contributed by atoms with van der Waals surface area (Å²) >= 11 is 0. The summed E-state index contributed by atoms with van der Waals surface area (Å²) in [6.45, 7) is 14.9. The fourth-order valence-electron chi connectivity index (χ4n) is 6.54. The smallest absolute Gasteiger partial charge is 0.123 e. The van der Waals surface area contributed by atoms with Crippen molar-refractivity contribution in [3.05, 3.63) is 95.3 Å². The number of nitrogens with one attached hydrogen (secondary N) is 1. The molecule has 0 aliphatic carbocycles. The maximum Gasteiger partial charge on any atom is 0.123 e. The quantitative estimate of drug-likeness (QED) is 0.316. The van der Waals surface area contributed by atoms with Gasteiger partial charge in [-0.15, -0.1) is 0 Å². The molecule has 2 aromatic carbocycles. The second-order valence-electron chi connectivity index (χ2n) is 11.5. The summed E-state index contributed by atoms with van der Waals surface area (Å²) in [7, 11) is 0.